The average Bonchev–Trinajstić information content (AvgIpc) is 2.89. The summed E-state index contributed by atoms with van der Waals surface area (Å²) in [4.78, 5) is 37.7. The zero-order chi connectivity index (χ0) is 17.1. The largest absolute Gasteiger partial charge is 0.467 e. The van der Waals surface area contributed by atoms with Crippen molar-refractivity contribution in [1.29, 1.82) is 0 Å². The lowest BCUT2D eigenvalue weighted by atomic mass is 9.92. The molecule has 0 radical (unpaired) electrons. The molecule has 1 amide bonds. The van der Waals surface area contributed by atoms with Gasteiger partial charge in [0.1, 0.15) is 12.1 Å². The van der Waals surface area contributed by atoms with E-state index in [1.165, 1.54) is 18.9 Å². The van der Waals surface area contributed by atoms with Crippen LogP contribution in [-0.4, -0.2) is 55.3 Å². The third-order valence-corrected chi connectivity index (χ3v) is 3.48. The van der Waals surface area contributed by atoms with Crippen molar-refractivity contribution in [2.75, 3.05) is 20.3 Å². The molecule has 7 heteroatoms. The van der Waals surface area contributed by atoms with Crippen molar-refractivity contribution in [2.24, 2.45) is 11.3 Å². The molecule has 1 fully saturated rings. The van der Waals surface area contributed by atoms with Gasteiger partial charge in [-0.2, -0.15) is 0 Å². The summed E-state index contributed by atoms with van der Waals surface area (Å²) < 4.78 is 15.2. The Morgan fingerprint density at radius 3 is 2.36 bits per heavy atom. The maximum absolute atomic E-state index is 12.7. The van der Waals surface area contributed by atoms with E-state index in [1.807, 2.05) is 20.8 Å². The van der Waals surface area contributed by atoms with Crippen molar-refractivity contribution in [2.45, 2.75) is 46.9 Å². The fraction of sp³-hybridized carbons (Fsp3) is 0.800. The van der Waals surface area contributed by atoms with Crippen LogP contribution in [0.3, 0.4) is 0 Å². The van der Waals surface area contributed by atoms with Crippen LogP contribution < -0.4 is 0 Å². The van der Waals surface area contributed by atoms with Crippen LogP contribution in [0.15, 0.2) is 0 Å². The predicted molar refractivity (Wildman–Crippen MR) is 77.6 cm³/mol. The molecule has 22 heavy (non-hydrogen) atoms. The molecule has 1 aliphatic rings. The van der Waals surface area contributed by atoms with Gasteiger partial charge in [0.25, 0.3) is 0 Å². The Hall–Kier alpha value is -1.63. The van der Waals surface area contributed by atoms with E-state index in [1.54, 1.807) is 6.92 Å². The highest BCUT2D eigenvalue weighted by molar-refractivity contribution is 5.99. The number of carbonyl (C=O) groups excluding carboxylic acids is 3. The molecule has 1 unspecified atom stereocenters. The first kappa shape index (κ1) is 18.4. The van der Waals surface area contributed by atoms with Crippen molar-refractivity contribution >= 4 is 17.8 Å². The van der Waals surface area contributed by atoms with E-state index >= 15 is 0 Å². The van der Waals surface area contributed by atoms with Gasteiger partial charge < -0.3 is 14.2 Å². The number of hydrogen-bond donors (Lipinski definition) is 0. The van der Waals surface area contributed by atoms with Gasteiger partial charge in [-0.05, 0) is 13.8 Å². The minimum Gasteiger partial charge on any atom is -0.467 e. The molecule has 0 N–H and O–H groups in total. The molecule has 0 aromatic rings. The second-order valence-corrected chi connectivity index (χ2v) is 6.31. The zero-order valence-corrected chi connectivity index (χ0v) is 14.0. The van der Waals surface area contributed by atoms with Gasteiger partial charge in [-0.15, -0.1) is 0 Å². The predicted octanol–water partition coefficient (Wildman–Crippen LogP) is 0.958. The van der Waals surface area contributed by atoms with Crippen molar-refractivity contribution in [1.82, 2.24) is 4.90 Å². The summed E-state index contributed by atoms with van der Waals surface area (Å²) in [5, 5.41) is 0. The topological polar surface area (TPSA) is 82.1 Å². The highest BCUT2D eigenvalue weighted by atomic mass is 16.5. The Morgan fingerprint density at radius 2 is 1.91 bits per heavy atom. The van der Waals surface area contributed by atoms with Gasteiger partial charge in [-0.1, -0.05) is 20.8 Å². The lowest BCUT2D eigenvalue weighted by Crippen LogP contribution is -2.53. The Labute approximate surface area is 130 Å². The summed E-state index contributed by atoms with van der Waals surface area (Å²) in [6, 6.07) is -0.849. The van der Waals surface area contributed by atoms with Crippen LogP contribution in [-0.2, 0) is 28.6 Å². The number of carbonyl (C=O) groups is 3. The number of methoxy groups -OCH3 is 1. The number of hydrogen-bond acceptors (Lipinski definition) is 6. The molecule has 0 aliphatic carbocycles. The second kappa shape index (κ2) is 7.09. The number of ether oxygens (including phenoxy) is 3. The van der Waals surface area contributed by atoms with Crippen LogP contribution in [0.1, 0.15) is 34.6 Å². The van der Waals surface area contributed by atoms with Crippen LogP contribution in [0.4, 0.5) is 0 Å². The van der Waals surface area contributed by atoms with Gasteiger partial charge in [0.05, 0.1) is 20.3 Å². The highest BCUT2D eigenvalue weighted by Gasteiger charge is 2.49. The van der Waals surface area contributed by atoms with Gasteiger partial charge in [-0.3, -0.25) is 14.5 Å². The summed E-state index contributed by atoms with van der Waals surface area (Å²) >= 11 is 0. The number of rotatable bonds is 4. The first-order chi connectivity index (χ1) is 10.1. The SMILES string of the molecule is CCOC(=O)C(C)C(=O)N1[C@H](C(=O)OC)CO[C@@H]1C(C)(C)C. The third-order valence-electron chi connectivity index (χ3n) is 3.48. The summed E-state index contributed by atoms with van der Waals surface area (Å²) in [7, 11) is 1.25. The average molecular weight is 315 g/mol. The molecule has 1 rings (SSSR count). The van der Waals surface area contributed by atoms with E-state index in [-0.39, 0.29) is 13.2 Å². The second-order valence-electron chi connectivity index (χ2n) is 6.31. The first-order valence-electron chi connectivity index (χ1n) is 7.33. The van der Waals surface area contributed by atoms with Crippen molar-refractivity contribution in [3.8, 4) is 0 Å². The van der Waals surface area contributed by atoms with Gasteiger partial charge in [0.15, 0.2) is 6.04 Å². The standard InChI is InChI=1S/C15H25NO6/c1-7-21-12(18)9(2)11(17)16-10(13(19)20-6)8-22-14(16)15(3,4)5/h9-10,14H,7-8H2,1-6H3/t9?,10-,14+/m0/s1. The summed E-state index contributed by atoms with van der Waals surface area (Å²) in [6.07, 6.45) is -0.610. The van der Waals surface area contributed by atoms with Crippen molar-refractivity contribution < 1.29 is 28.6 Å². The molecule has 0 saturated carbocycles. The fourth-order valence-electron chi connectivity index (χ4n) is 2.35. The number of nitrogens with zero attached hydrogens (tertiary/aromatic N) is 1. The maximum Gasteiger partial charge on any atom is 0.331 e. The molecule has 3 atom stereocenters. The molecule has 0 bridgehead atoms. The van der Waals surface area contributed by atoms with E-state index in [9.17, 15) is 14.4 Å². The highest BCUT2D eigenvalue weighted by Crippen LogP contribution is 2.33. The lowest BCUT2D eigenvalue weighted by molar-refractivity contribution is -0.164. The zero-order valence-electron chi connectivity index (χ0n) is 14.0. The van der Waals surface area contributed by atoms with Crippen LogP contribution in [0, 0.1) is 11.3 Å². The normalized spacial score (nSPS) is 23.1. The van der Waals surface area contributed by atoms with E-state index in [4.69, 9.17) is 14.2 Å². The smallest absolute Gasteiger partial charge is 0.331 e. The van der Waals surface area contributed by atoms with Crippen LogP contribution in [0.25, 0.3) is 0 Å². The van der Waals surface area contributed by atoms with Crippen LogP contribution in [0.2, 0.25) is 0 Å². The molecule has 1 aliphatic heterocycles. The monoisotopic (exact) mass is 315 g/mol. The van der Waals surface area contributed by atoms with Gasteiger partial charge >= 0.3 is 11.9 Å². The van der Waals surface area contributed by atoms with Gasteiger partial charge in [0.2, 0.25) is 5.91 Å². The van der Waals surface area contributed by atoms with E-state index in [0.717, 1.165) is 0 Å². The molecule has 0 aromatic carbocycles. The summed E-state index contributed by atoms with van der Waals surface area (Å²) in [5.41, 5.74) is -0.410. The summed E-state index contributed by atoms with van der Waals surface area (Å²) in [6.45, 7) is 9.06. The summed E-state index contributed by atoms with van der Waals surface area (Å²) in [5.74, 6) is -2.67. The fourth-order valence-corrected chi connectivity index (χ4v) is 2.35. The molecule has 0 aromatic heterocycles. The Bertz CT molecular complexity index is 442. The van der Waals surface area contributed by atoms with E-state index < -0.39 is 41.4 Å². The number of esters is 2. The Morgan fingerprint density at radius 1 is 1.32 bits per heavy atom. The van der Waals surface area contributed by atoms with E-state index in [0.29, 0.717) is 0 Å². The Kier molecular flexibility index (Phi) is 5.93. The molecule has 7 nitrogen and oxygen atoms in total. The number of amides is 1. The molecule has 1 heterocycles. The van der Waals surface area contributed by atoms with Crippen molar-refractivity contribution in [3.05, 3.63) is 0 Å². The minimum absolute atomic E-state index is 0.0515. The maximum atomic E-state index is 12.7. The van der Waals surface area contributed by atoms with Crippen molar-refractivity contribution in [3.63, 3.8) is 0 Å². The lowest BCUT2D eigenvalue weighted by Gasteiger charge is -2.36. The van der Waals surface area contributed by atoms with Gasteiger partial charge in [-0.25, -0.2) is 4.79 Å². The Balaban J connectivity index is 3.07. The molecule has 126 valence electrons. The first-order valence-corrected chi connectivity index (χ1v) is 7.33. The molecular formula is C15H25NO6. The van der Waals surface area contributed by atoms with E-state index in [2.05, 4.69) is 0 Å². The molecular weight excluding hydrogens is 290 g/mol. The third kappa shape index (κ3) is 3.76. The van der Waals surface area contributed by atoms with Crippen LogP contribution in [0.5, 0.6) is 0 Å². The quantitative estimate of drug-likeness (QED) is 0.567. The minimum atomic E-state index is -1.00. The molecule has 1 saturated heterocycles. The van der Waals surface area contributed by atoms with Crippen LogP contribution >= 0.6 is 0 Å². The molecule has 0 spiro atoms. The van der Waals surface area contributed by atoms with Gasteiger partial charge in [0, 0.05) is 5.41 Å².